The number of hydrogen-bond acceptors (Lipinski definition) is 2. The maximum absolute atomic E-state index is 5.63. The van der Waals surface area contributed by atoms with Crippen molar-refractivity contribution in [3.05, 3.63) is 0 Å². The molecule has 0 heterocycles. The normalized spacial score (nSPS) is 14.0. The van der Waals surface area contributed by atoms with Crippen LogP contribution in [0.3, 0.4) is 0 Å². The number of rotatable bonds is 3. The summed E-state index contributed by atoms with van der Waals surface area (Å²) in [4.78, 5) is 0. The van der Waals surface area contributed by atoms with Gasteiger partial charge in [-0.15, -0.1) is 0 Å². The van der Waals surface area contributed by atoms with Gasteiger partial charge in [-0.1, -0.05) is 34.6 Å². The highest BCUT2D eigenvalue weighted by Gasteiger charge is 2.50. The Bertz CT molecular complexity index is 134. The van der Waals surface area contributed by atoms with E-state index in [4.69, 9.17) is 8.85 Å². The summed E-state index contributed by atoms with van der Waals surface area (Å²) in [5.41, 5.74) is 0.479. The summed E-state index contributed by atoms with van der Waals surface area (Å²) >= 11 is 0. The molecule has 12 heavy (non-hydrogen) atoms. The molecule has 0 saturated heterocycles. The van der Waals surface area contributed by atoms with Gasteiger partial charge in [0, 0.05) is 19.3 Å². The molecule has 0 aromatic heterocycles. The summed E-state index contributed by atoms with van der Waals surface area (Å²) in [6, 6.07) is 0. The fraction of sp³-hybridized carbons (Fsp3) is 1.00. The third-order valence-electron chi connectivity index (χ3n) is 2.41. The minimum atomic E-state index is -2.02. The molecule has 2 nitrogen and oxygen atoms in total. The van der Waals surface area contributed by atoms with Gasteiger partial charge in [0.2, 0.25) is 0 Å². The van der Waals surface area contributed by atoms with Crippen molar-refractivity contribution in [1.29, 1.82) is 0 Å². The predicted octanol–water partition coefficient (Wildman–Crippen LogP) is 2.93. The van der Waals surface area contributed by atoms with Crippen LogP contribution in [0.2, 0.25) is 10.6 Å². The standard InChI is InChI=1S/C9H22O2Si/c1-8(2)12(10-6,11-7)9(3,4)5/h8H,1-7H3. The Balaban J connectivity index is 4.83. The monoisotopic (exact) mass is 190 g/mol. The lowest BCUT2D eigenvalue weighted by atomic mass is 10.2. The summed E-state index contributed by atoms with van der Waals surface area (Å²) in [6.45, 7) is 10.9. The van der Waals surface area contributed by atoms with Crippen molar-refractivity contribution >= 4 is 8.56 Å². The molecule has 0 atom stereocenters. The Hall–Kier alpha value is 0.137. The fourth-order valence-electron chi connectivity index (χ4n) is 2.03. The molecule has 0 aliphatic rings. The Kier molecular flexibility index (Phi) is 3.94. The van der Waals surface area contributed by atoms with Gasteiger partial charge in [0.25, 0.3) is 0 Å². The Morgan fingerprint density at radius 1 is 1.00 bits per heavy atom. The predicted molar refractivity (Wildman–Crippen MR) is 54.6 cm³/mol. The highest BCUT2D eigenvalue weighted by atomic mass is 28.4. The second-order valence-electron chi connectivity index (χ2n) is 4.48. The first-order valence-electron chi connectivity index (χ1n) is 4.42. The van der Waals surface area contributed by atoms with Crippen LogP contribution in [-0.2, 0) is 8.85 Å². The van der Waals surface area contributed by atoms with E-state index in [2.05, 4.69) is 34.6 Å². The van der Waals surface area contributed by atoms with Crippen LogP contribution in [0.15, 0.2) is 0 Å². The lowest BCUT2D eigenvalue weighted by Crippen LogP contribution is -2.51. The van der Waals surface area contributed by atoms with Gasteiger partial charge in [-0.2, -0.15) is 0 Å². The molecule has 0 amide bonds. The van der Waals surface area contributed by atoms with Crippen molar-refractivity contribution in [3.8, 4) is 0 Å². The van der Waals surface area contributed by atoms with Crippen LogP contribution in [-0.4, -0.2) is 22.8 Å². The van der Waals surface area contributed by atoms with E-state index in [1.54, 1.807) is 14.2 Å². The van der Waals surface area contributed by atoms with Gasteiger partial charge < -0.3 is 8.85 Å². The lowest BCUT2D eigenvalue weighted by Gasteiger charge is -2.41. The summed E-state index contributed by atoms with van der Waals surface area (Å²) < 4.78 is 11.3. The second kappa shape index (κ2) is 3.90. The molecule has 0 aliphatic heterocycles. The zero-order chi connectivity index (χ0) is 9.99. The SMILES string of the molecule is CO[Si](OC)(C(C)C)C(C)(C)C. The van der Waals surface area contributed by atoms with Crippen molar-refractivity contribution in [2.75, 3.05) is 14.2 Å². The van der Waals surface area contributed by atoms with Gasteiger partial charge in [0.05, 0.1) is 0 Å². The molecular weight excluding hydrogens is 168 g/mol. The molecule has 0 bridgehead atoms. The second-order valence-corrected chi connectivity index (χ2v) is 9.29. The molecule has 0 rings (SSSR count). The lowest BCUT2D eigenvalue weighted by molar-refractivity contribution is 0.204. The maximum Gasteiger partial charge on any atom is 0.345 e. The van der Waals surface area contributed by atoms with Crippen LogP contribution in [0.1, 0.15) is 34.6 Å². The van der Waals surface area contributed by atoms with Gasteiger partial charge in [-0.05, 0) is 5.54 Å². The maximum atomic E-state index is 5.63. The van der Waals surface area contributed by atoms with Crippen LogP contribution in [0.25, 0.3) is 0 Å². The highest BCUT2D eigenvalue weighted by Crippen LogP contribution is 2.43. The van der Waals surface area contributed by atoms with Crippen molar-refractivity contribution < 1.29 is 8.85 Å². The van der Waals surface area contributed by atoms with Crippen LogP contribution >= 0.6 is 0 Å². The zero-order valence-corrected chi connectivity index (χ0v) is 10.4. The number of hydrogen-bond donors (Lipinski definition) is 0. The van der Waals surface area contributed by atoms with E-state index in [1.807, 2.05) is 0 Å². The van der Waals surface area contributed by atoms with Gasteiger partial charge in [-0.25, -0.2) is 0 Å². The highest BCUT2D eigenvalue weighted by molar-refractivity contribution is 6.71. The average Bonchev–Trinajstić information content (AvgIpc) is 1.87. The van der Waals surface area contributed by atoms with Crippen LogP contribution in [0.4, 0.5) is 0 Å². The van der Waals surface area contributed by atoms with E-state index < -0.39 is 8.56 Å². The summed E-state index contributed by atoms with van der Waals surface area (Å²) in [5.74, 6) is 0. The summed E-state index contributed by atoms with van der Waals surface area (Å²) in [6.07, 6.45) is 0. The van der Waals surface area contributed by atoms with Gasteiger partial charge in [0.15, 0.2) is 0 Å². The van der Waals surface area contributed by atoms with Crippen LogP contribution in [0, 0.1) is 0 Å². The molecule has 0 aromatic carbocycles. The molecule has 0 radical (unpaired) electrons. The van der Waals surface area contributed by atoms with Crippen molar-refractivity contribution in [2.24, 2.45) is 0 Å². The quantitative estimate of drug-likeness (QED) is 0.637. The molecule has 0 fully saturated rings. The van der Waals surface area contributed by atoms with E-state index in [0.717, 1.165) is 0 Å². The summed E-state index contributed by atoms with van der Waals surface area (Å²) in [5, 5.41) is 0.130. The van der Waals surface area contributed by atoms with Crippen molar-refractivity contribution in [3.63, 3.8) is 0 Å². The molecular formula is C9H22O2Si. The van der Waals surface area contributed by atoms with Gasteiger partial charge in [0.1, 0.15) is 0 Å². The Morgan fingerprint density at radius 2 is 1.33 bits per heavy atom. The third kappa shape index (κ3) is 1.89. The minimum Gasteiger partial charge on any atom is -0.397 e. The largest absolute Gasteiger partial charge is 0.397 e. The fourth-order valence-corrected chi connectivity index (χ4v) is 6.10. The molecule has 0 N–H and O–H groups in total. The molecule has 0 spiro atoms. The van der Waals surface area contributed by atoms with E-state index in [1.165, 1.54) is 0 Å². The minimum absolute atomic E-state index is 0.130. The molecule has 0 unspecified atom stereocenters. The van der Waals surface area contributed by atoms with E-state index >= 15 is 0 Å². The van der Waals surface area contributed by atoms with E-state index in [0.29, 0.717) is 5.54 Å². The zero-order valence-electron chi connectivity index (χ0n) is 9.39. The van der Waals surface area contributed by atoms with Gasteiger partial charge in [-0.3, -0.25) is 0 Å². The van der Waals surface area contributed by atoms with Crippen LogP contribution < -0.4 is 0 Å². The van der Waals surface area contributed by atoms with Crippen molar-refractivity contribution in [2.45, 2.75) is 45.2 Å². The van der Waals surface area contributed by atoms with E-state index in [9.17, 15) is 0 Å². The first kappa shape index (κ1) is 12.1. The Labute approximate surface area is 77.5 Å². The average molecular weight is 190 g/mol. The Morgan fingerprint density at radius 3 is 1.33 bits per heavy atom. The smallest absolute Gasteiger partial charge is 0.345 e. The van der Waals surface area contributed by atoms with Gasteiger partial charge >= 0.3 is 8.56 Å². The molecule has 0 aromatic rings. The molecule has 0 saturated carbocycles. The van der Waals surface area contributed by atoms with E-state index in [-0.39, 0.29) is 5.04 Å². The van der Waals surface area contributed by atoms with Crippen molar-refractivity contribution in [1.82, 2.24) is 0 Å². The summed E-state index contributed by atoms with van der Waals surface area (Å²) in [7, 11) is 1.51. The van der Waals surface area contributed by atoms with Crippen LogP contribution in [0.5, 0.6) is 0 Å². The molecule has 0 aliphatic carbocycles. The molecule has 74 valence electrons. The molecule has 3 heteroatoms. The third-order valence-corrected chi connectivity index (χ3v) is 7.24. The first-order chi connectivity index (χ1) is 5.31. The first-order valence-corrected chi connectivity index (χ1v) is 6.31. The topological polar surface area (TPSA) is 18.5 Å².